The number of anilines is 2. The molecule has 4 fully saturated rings. The number of aliphatic hydroxyl groups is 1. The van der Waals surface area contributed by atoms with Gasteiger partial charge in [-0.15, -0.1) is 0 Å². The number of carbonyl (C=O) groups excluding carboxylic acids is 1. The fourth-order valence-corrected chi connectivity index (χ4v) is 8.31. The van der Waals surface area contributed by atoms with Crippen molar-refractivity contribution in [3.8, 4) is 0 Å². The van der Waals surface area contributed by atoms with Crippen molar-refractivity contribution in [3.63, 3.8) is 0 Å². The third kappa shape index (κ3) is 3.61. The fourth-order valence-electron chi connectivity index (χ4n) is 8.31. The van der Waals surface area contributed by atoms with Crippen LogP contribution in [0.15, 0.2) is 36.8 Å². The Balaban J connectivity index is 1.02. The van der Waals surface area contributed by atoms with Crippen molar-refractivity contribution in [1.82, 2.24) is 25.5 Å². The van der Waals surface area contributed by atoms with Gasteiger partial charge in [-0.25, -0.2) is 9.97 Å². The number of amides is 1. The molecule has 0 radical (unpaired) electrons. The number of H-pyrrole nitrogens is 1. The van der Waals surface area contributed by atoms with Crippen LogP contribution in [0.25, 0.3) is 11.0 Å². The lowest BCUT2D eigenvalue weighted by molar-refractivity contribution is -0.169. The highest BCUT2D eigenvalue weighted by molar-refractivity contribution is 5.90. The van der Waals surface area contributed by atoms with E-state index in [1.165, 1.54) is 12.0 Å². The Kier molecular flexibility index (Phi) is 4.72. The molecule has 1 aromatic carbocycles. The van der Waals surface area contributed by atoms with Crippen molar-refractivity contribution in [1.29, 1.82) is 0 Å². The van der Waals surface area contributed by atoms with Gasteiger partial charge in [0.1, 0.15) is 12.1 Å². The molecule has 3 atom stereocenters. The minimum atomic E-state index is -0.511. The van der Waals surface area contributed by atoms with Crippen LogP contribution in [-0.2, 0) is 4.79 Å². The standard InChI is InChI=1S/C27H32N6O2/c34-23(12-26-8-17-7-18(9-26)11-27(35,10-17)15-26)28-6-5-19-14-33(22-4-2-1-3-20(19)22)25-21-13-31-32-24(21)29-16-30-25/h1-4,13,16-19,35H,5-12,14-15H2,(H,28,34)(H,29,30,31,32). The first-order valence-electron chi connectivity index (χ1n) is 13.0. The molecule has 0 spiro atoms. The van der Waals surface area contributed by atoms with Crippen molar-refractivity contribution in [2.24, 2.45) is 17.3 Å². The van der Waals surface area contributed by atoms with Gasteiger partial charge in [0.25, 0.3) is 0 Å². The van der Waals surface area contributed by atoms with Gasteiger partial charge in [-0.3, -0.25) is 9.89 Å². The molecule has 3 heterocycles. The van der Waals surface area contributed by atoms with Gasteiger partial charge in [0.05, 0.1) is 17.2 Å². The molecular weight excluding hydrogens is 440 g/mol. The van der Waals surface area contributed by atoms with Crippen molar-refractivity contribution < 1.29 is 9.90 Å². The van der Waals surface area contributed by atoms with Crippen LogP contribution >= 0.6 is 0 Å². The van der Waals surface area contributed by atoms with E-state index in [2.05, 4.69) is 54.6 Å². The smallest absolute Gasteiger partial charge is 0.220 e. The molecule has 5 aliphatic rings. The molecule has 0 saturated heterocycles. The Morgan fingerprint density at radius 1 is 1.17 bits per heavy atom. The summed E-state index contributed by atoms with van der Waals surface area (Å²) in [6.07, 6.45) is 11.0. The zero-order chi connectivity index (χ0) is 23.6. The Bertz CT molecular complexity index is 1270. The van der Waals surface area contributed by atoms with E-state index in [1.54, 1.807) is 12.5 Å². The third-order valence-electron chi connectivity index (χ3n) is 9.05. The topological polar surface area (TPSA) is 107 Å². The quantitative estimate of drug-likeness (QED) is 0.504. The minimum Gasteiger partial charge on any atom is -0.390 e. The normalized spacial score (nSPS) is 32.8. The van der Waals surface area contributed by atoms with Crippen molar-refractivity contribution in [3.05, 3.63) is 42.4 Å². The first kappa shape index (κ1) is 21.3. The van der Waals surface area contributed by atoms with E-state index >= 15 is 0 Å². The van der Waals surface area contributed by atoms with E-state index < -0.39 is 5.60 Å². The van der Waals surface area contributed by atoms with E-state index in [1.807, 2.05) is 0 Å². The van der Waals surface area contributed by atoms with Gasteiger partial charge in [-0.1, -0.05) is 18.2 Å². The molecule has 8 rings (SSSR count). The maximum absolute atomic E-state index is 13.0. The largest absolute Gasteiger partial charge is 0.390 e. The fraction of sp³-hybridized carbons (Fsp3) is 0.556. The number of fused-ring (bicyclic) bond motifs is 2. The van der Waals surface area contributed by atoms with Crippen LogP contribution in [0.5, 0.6) is 0 Å². The summed E-state index contributed by atoms with van der Waals surface area (Å²) in [4.78, 5) is 24.1. The van der Waals surface area contributed by atoms with Crippen LogP contribution in [0.3, 0.4) is 0 Å². The molecule has 2 aromatic heterocycles. The van der Waals surface area contributed by atoms with Gasteiger partial charge in [0, 0.05) is 31.1 Å². The summed E-state index contributed by atoms with van der Waals surface area (Å²) < 4.78 is 0. The molecular formula is C27H32N6O2. The molecule has 8 heteroatoms. The predicted octanol–water partition coefficient (Wildman–Crippen LogP) is 3.82. The van der Waals surface area contributed by atoms with Crippen molar-refractivity contribution >= 4 is 28.4 Å². The number of carbonyl (C=O) groups is 1. The second kappa shape index (κ2) is 7.75. The van der Waals surface area contributed by atoms with Gasteiger partial charge >= 0.3 is 0 Å². The number of aromatic nitrogens is 4. The number of hydrogen-bond acceptors (Lipinski definition) is 6. The summed E-state index contributed by atoms with van der Waals surface area (Å²) >= 11 is 0. The molecule has 4 bridgehead atoms. The molecule has 3 unspecified atom stereocenters. The second-order valence-electron chi connectivity index (χ2n) is 11.7. The van der Waals surface area contributed by atoms with Crippen LogP contribution < -0.4 is 10.2 Å². The molecule has 3 aromatic rings. The minimum absolute atomic E-state index is 0.0165. The average molecular weight is 473 g/mol. The summed E-state index contributed by atoms with van der Waals surface area (Å²) in [5.41, 5.74) is 2.69. The number of hydrogen-bond donors (Lipinski definition) is 3. The van der Waals surface area contributed by atoms with Crippen LogP contribution in [0.4, 0.5) is 11.5 Å². The van der Waals surface area contributed by atoms with Crippen LogP contribution in [0, 0.1) is 17.3 Å². The highest BCUT2D eigenvalue weighted by Crippen LogP contribution is 2.62. The monoisotopic (exact) mass is 472 g/mol. The number of aromatic amines is 1. The third-order valence-corrected chi connectivity index (χ3v) is 9.05. The Labute approximate surface area is 204 Å². The van der Waals surface area contributed by atoms with E-state index in [4.69, 9.17) is 0 Å². The zero-order valence-electron chi connectivity index (χ0n) is 19.9. The van der Waals surface area contributed by atoms with Gasteiger partial charge in [0.2, 0.25) is 5.91 Å². The molecule has 182 valence electrons. The maximum atomic E-state index is 13.0. The lowest BCUT2D eigenvalue weighted by atomic mass is 9.47. The highest BCUT2D eigenvalue weighted by atomic mass is 16.3. The molecule has 4 aliphatic carbocycles. The van der Waals surface area contributed by atoms with E-state index in [9.17, 15) is 9.90 Å². The van der Waals surface area contributed by atoms with Crippen LogP contribution in [0.1, 0.15) is 62.8 Å². The van der Waals surface area contributed by atoms with Crippen molar-refractivity contribution in [2.45, 2.75) is 62.9 Å². The molecule has 4 saturated carbocycles. The lowest BCUT2D eigenvalue weighted by Crippen LogP contribution is -2.56. The Hall–Kier alpha value is -3.00. The first-order chi connectivity index (χ1) is 17.0. The summed E-state index contributed by atoms with van der Waals surface area (Å²) in [6.45, 7) is 1.47. The number of nitrogens with one attached hydrogen (secondary N) is 2. The summed E-state index contributed by atoms with van der Waals surface area (Å²) in [6, 6.07) is 8.47. The average Bonchev–Trinajstić information content (AvgIpc) is 3.42. The SMILES string of the molecule is O=C(CC12CC3CC(CC(O)(C3)C1)C2)NCCC1CN(c2ncnc3[nH]ncc23)c2ccccc21. The second-order valence-corrected chi connectivity index (χ2v) is 11.7. The van der Waals surface area contributed by atoms with Crippen LogP contribution in [-0.4, -0.2) is 49.9 Å². The van der Waals surface area contributed by atoms with Gasteiger partial charge in [-0.05, 0) is 73.8 Å². The maximum Gasteiger partial charge on any atom is 0.220 e. The molecule has 8 nitrogen and oxygen atoms in total. The highest BCUT2D eigenvalue weighted by Gasteiger charge is 2.57. The lowest BCUT2D eigenvalue weighted by Gasteiger charge is -2.60. The Morgan fingerprint density at radius 2 is 2.00 bits per heavy atom. The van der Waals surface area contributed by atoms with Gasteiger partial charge in [0.15, 0.2) is 5.65 Å². The van der Waals surface area contributed by atoms with Crippen LogP contribution in [0.2, 0.25) is 0 Å². The zero-order valence-corrected chi connectivity index (χ0v) is 19.9. The molecule has 1 amide bonds. The number of benzene rings is 1. The van der Waals surface area contributed by atoms with Gasteiger partial charge in [-0.2, -0.15) is 5.10 Å². The van der Waals surface area contributed by atoms with Crippen molar-refractivity contribution in [2.75, 3.05) is 18.0 Å². The predicted molar refractivity (Wildman–Crippen MR) is 132 cm³/mol. The van der Waals surface area contributed by atoms with E-state index in [-0.39, 0.29) is 11.3 Å². The summed E-state index contributed by atoms with van der Waals surface area (Å²) in [5.74, 6) is 2.54. The first-order valence-corrected chi connectivity index (χ1v) is 13.0. The molecule has 1 aliphatic heterocycles. The number of nitrogens with zero attached hydrogens (tertiary/aromatic N) is 4. The van der Waals surface area contributed by atoms with E-state index in [0.29, 0.717) is 30.7 Å². The van der Waals surface area contributed by atoms with E-state index in [0.717, 1.165) is 67.6 Å². The number of para-hydroxylation sites is 1. The van der Waals surface area contributed by atoms with Gasteiger partial charge < -0.3 is 15.3 Å². The number of rotatable bonds is 6. The molecule has 3 N–H and O–H groups in total. The molecule has 35 heavy (non-hydrogen) atoms. The summed E-state index contributed by atoms with van der Waals surface area (Å²) in [5, 5.41) is 22.2. The summed E-state index contributed by atoms with van der Waals surface area (Å²) in [7, 11) is 0. The Morgan fingerprint density at radius 3 is 2.83 bits per heavy atom.